The number of hydrogen-bond acceptors (Lipinski definition) is 5. The van der Waals surface area contributed by atoms with Gasteiger partial charge in [0.25, 0.3) is 11.6 Å². The molecule has 0 saturated heterocycles. The molecule has 1 aliphatic carbocycles. The highest BCUT2D eigenvalue weighted by atomic mass is 32.2. The number of nitro benzene ring substituents is 1. The number of rotatable bonds is 5. The molecule has 0 radical (unpaired) electrons. The molecule has 2 N–H and O–H groups in total. The summed E-state index contributed by atoms with van der Waals surface area (Å²) in [5.41, 5.74) is -0.112. The van der Waals surface area contributed by atoms with Crippen molar-refractivity contribution in [1.29, 1.82) is 0 Å². The van der Waals surface area contributed by atoms with Gasteiger partial charge < -0.3 is 10.4 Å². The van der Waals surface area contributed by atoms with Gasteiger partial charge >= 0.3 is 0 Å². The highest BCUT2D eigenvalue weighted by Crippen LogP contribution is 2.28. The first-order valence-electron chi connectivity index (χ1n) is 6.81. The van der Waals surface area contributed by atoms with Gasteiger partial charge in [0, 0.05) is 29.5 Å². The molecule has 21 heavy (non-hydrogen) atoms. The Morgan fingerprint density at radius 1 is 1.52 bits per heavy atom. The zero-order chi connectivity index (χ0) is 15.4. The number of amides is 1. The maximum absolute atomic E-state index is 12.3. The predicted octanol–water partition coefficient (Wildman–Crippen LogP) is 2.21. The number of benzene rings is 1. The van der Waals surface area contributed by atoms with Crippen LogP contribution in [0, 0.1) is 16.0 Å². The molecule has 0 spiro atoms. The van der Waals surface area contributed by atoms with Crippen molar-refractivity contribution in [3.63, 3.8) is 0 Å². The summed E-state index contributed by atoms with van der Waals surface area (Å²) in [6.07, 6.45) is 4.46. The summed E-state index contributed by atoms with van der Waals surface area (Å²) in [6, 6.07) is 4.42. The van der Waals surface area contributed by atoms with Gasteiger partial charge in [-0.3, -0.25) is 14.9 Å². The quantitative estimate of drug-likeness (QED) is 0.494. The zero-order valence-electron chi connectivity index (χ0n) is 11.7. The number of thioether (sulfide) groups is 1. The lowest BCUT2D eigenvalue weighted by atomic mass is 10.0. The molecule has 6 nitrogen and oxygen atoms in total. The van der Waals surface area contributed by atoms with E-state index in [1.54, 1.807) is 12.1 Å². The number of aliphatic hydroxyl groups is 1. The Bertz CT molecular complexity index is 550. The fraction of sp³-hybridized carbons (Fsp3) is 0.500. The second-order valence-electron chi connectivity index (χ2n) is 5.09. The normalized spacial score (nSPS) is 21.2. The minimum atomic E-state index is -0.544. The molecular formula is C14H18N2O4S. The first-order valence-corrected chi connectivity index (χ1v) is 8.03. The predicted molar refractivity (Wildman–Crippen MR) is 80.6 cm³/mol. The van der Waals surface area contributed by atoms with Crippen molar-refractivity contribution in [3.8, 4) is 0 Å². The van der Waals surface area contributed by atoms with Crippen molar-refractivity contribution in [1.82, 2.24) is 5.32 Å². The van der Waals surface area contributed by atoms with Crippen LogP contribution in [0.2, 0.25) is 0 Å². The van der Waals surface area contributed by atoms with Crippen molar-refractivity contribution in [3.05, 3.63) is 33.9 Å². The minimum Gasteiger partial charge on any atom is -0.396 e. The SMILES string of the molecule is CSc1ccc([N+](=O)[O-])c(C(=O)NC2CCCC2CO)c1. The number of nitrogens with one attached hydrogen (secondary N) is 1. The molecule has 1 saturated carbocycles. The Morgan fingerprint density at radius 2 is 2.29 bits per heavy atom. The summed E-state index contributed by atoms with van der Waals surface area (Å²) in [4.78, 5) is 23.7. The van der Waals surface area contributed by atoms with Gasteiger partial charge in [-0.2, -0.15) is 0 Å². The second kappa shape index (κ2) is 6.91. The molecule has 2 atom stereocenters. The molecule has 0 aromatic heterocycles. The Hall–Kier alpha value is -1.60. The molecule has 1 amide bonds. The maximum atomic E-state index is 12.3. The van der Waals surface area contributed by atoms with Crippen LogP contribution in [0.15, 0.2) is 23.1 Å². The number of nitro groups is 1. The third kappa shape index (κ3) is 3.54. The second-order valence-corrected chi connectivity index (χ2v) is 5.97. The van der Waals surface area contributed by atoms with Gasteiger partial charge in [-0.1, -0.05) is 6.42 Å². The van der Waals surface area contributed by atoms with Crippen molar-refractivity contribution in [2.75, 3.05) is 12.9 Å². The first kappa shape index (κ1) is 15.8. The summed E-state index contributed by atoms with van der Waals surface area (Å²) in [5, 5.41) is 23.2. The molecule has 0 bridgehead atoms. The highest BCUT2D eigenvalue weighted by molar-refractivity contribution is 7.98. The van der Waals surface area contributed by atoms with Crippen molar-refractivity contribution in [2.24, 2.45) is 5.92 Å². The van der Waals surface area contributed by atoms with E-state index in [1.807, 2.05) is 6.26 Å². The lowest BCUT2D eigenvalue weighted by Crippen LogP contribution is -2.38. The van der Waals surface area contributed by atoms with Crippen LogP contribution in [0.4, 0.5) is 5.69 Å². The Labute approximate surface area is 127 Å². The number of carbonyl (C=O) groups is 1. The van der Waals surface area contributed by atoms with E-state index in [9.17, 15) is 20.0 Å². The number of hydrogen-bond donors (Lipinski definition) is 2. The summed E-state index contributed by atoms with van der Waals surface area (Å²) in [6.45, 7) is 0.0257. The summed E-state index contributed by atoms with van der Waals surface area (Å²) >= 11 is 1.43. The van der Waals surface area contributed by atoms with E-state index in [4.69, 9.17) is 0 Å². The van der Waals surface area contributed by atoms with Gasteiger partial charge in [0.15, 0.2) is 0 Å². The molecule has 1 aromatic rings. The summed E-state index contributed by atoms with van der Waals surface area (Å²) in [5.74, 6) is -0.403. The van der Waals surface area contributed by atoms with Crippen molar-refractivity contribution >= 4 is 23.4 Å². The fourth-order valence-electron chi connectivity index (χ4n) is 2.67. The third-order valence-electron chi connectivity index (χ3n) is 3.86. The lowest BCUT2D eigenvalue weighted by Gasteiger charge is -2.19. The van der Waals surface area contributed by atoms with Gasteiger partial charge in [0.05, 0.1) is 4.92 Å². The van der Waals surface area contributed by atoms with Gasteiger partial charge in [0.1, 0.15) is 5.56 Å². The van der Waals surface area contributed by atoms with E-state index < -0.39 is 10.8 Å². The monoisotopic (exact) mass is 310 g/mol. The fourth-order valence-corrected chi connectivity index (χ4v) is 3.11. The molecule has 7 heteroatoms. The van der Waals surface area contributed by atoms with Crippen LogP contribution in [0.1, 0.15) is 29.6 Å². The van der Waals surface area contributed by atoms with E-state index in [0.717, 1.165) is 24.2 Å². The molecule has 1 aromatic carbocycles. The molecule has 0 aliphatic heterocycles. The van der Waals surface area contributed by atoms with E-state index in [-0.39, 0.29) is 29.8 Å². The summed E-state index contributed by atoms with van der Waals surface area (Å²) in [7, 11) is 0. The van der Waals surface area contributed by atoms with Crippen LogP contribution in [0.5, 0.6) is 0 Å². The standard InChI is InChI=1S/C14H18N2O4S/c1-21-10-5-6-13(16(19)20)11(7-10)14(18)15-12-4-2-3-9(12)8-17/h5-7,9,12,17H,2-4,8H2,1H3,(H,15,18). The molecule has 1 fully saturated rings. The van der Waals surface area contributed by atoms with E-state index in [2.05, 4.69) is 5.32 Å². The Balaban J connectivity index is 2.23. The van der Waals surface area contributed by atoms with Crippen LogP contribution >= 0.6 is 11.8 Å². The van der Waals surface area contributed by atoms with Gasteiger partial charge in [-0.25, -0.2) is 0 Å². The van der Waals surface area contributed by atoms with E-state index in [1.165, 1.54) is 17.8 Å². The summed E-state index contributed by atoms with van der Waals surface area (Å²) < 4.78 is 0. The van der Waals surface area contributed by atoms with Crippen LogP contribution < -0.4 is 5.32 Å². The first-order chi connectivity index (χ1) is 10.1. The molecular weight excluding hydrogens is 292 g/mol. The van der Waals surface area contributed by atoms with Crippen molar-refractivity contribution < 1.29 is 14.8 Å². The van der Waals surface area contributed by atoms with Crippen LogP contribution in [-0.4, -0.2) is 34.8 Å². The van der Waals surface area contributed by atoms with E-state index >= 15 is 0 Å². The van der Waals surface area contributed by atoms with Gasteiger partial charge in [0.2, 0.25) is 0 Å². The smallest absolute Gasteiger partial charge is 0.282 e. The van der Waals surface area contributed by atoms with Crippen LogP contribution in [0.25, 0.3) is 0 Å². The topological polar surface area (TPSA) is 92.5 Å². The Kier molecular flexibility index (Phi) is 5.19. The third-order valence-corrected chi connectivity index (χ3v) is 4.58. The lowest BCUT2D eigenvalue weighted by molar-refractivity contribution is -0.385. The molecule has 0 heterocycles. The maximum Gasteiger partial charge on any atom is 0.282 e. The number of nitrogens with zero attached hydrogens (tertiary/aromatic N) is 1. The zero-order valence-corrected chi connectivity index (χ0v) is 12.6. The molecule has 2 rings (SSSR count). The van der Waals surface area contributed by atoms with Gasteiger partial charge in [-0.05, 0) is 31.2 Å². The van der Waals surface area contributed by atoms with Crippen molar-refractivity contribution in [2.45, 2.75) is 30.2 Å². The molecule has 2 unspecified atom stereocenters. The average molecular weight is 310 g/mol. The number of aliphatic hydroxyl groups excluding tert-OH is 1. The highest BCUT2D eigenvalue weighted by Gasteiger charge is 2.30. The van der Waals surface area contributed by atoms with Crippen LogP contribution in [0.3, 0.4) is 0 Å². The molecule has 114 valence electrons. The van der Waals surface area contributed by atoms with E-state index in [0.29, 0.717) is 0 Å². The van der Waals surface area contributed by atoms with Gasteiger partial charge in [-0.15, -0.1) is 11.8 Å². The minimum absolute atomic E-state index is 0.0257. The largest absolute Gasteiger partial charge is 0.396 e. The molecule has 1 aliphatic rings. The Morgan fingerprint density at radius 3 is 2.90 bits per heavy atom. The van der Waals surface area contributed by atoms with Crippen LogP contribution in [-0.2, 0) is 0 Å². The number of carbonyl (C=O) groups excluding carboxylic acids is 1. The average Bonchev–Trinajstić information content (AvgIpc) is 2.93.